The number of aromatic nitrogens is 6. The molecule has 0 spiro atoms. The van der Waals surface area contributed by atoms with E-state index in [1.54, 1.807) is 51.7 Å². The number of aryl methyl sites for hydroxylation is 1. The van der Waals surface area contributed by atoms with Crippen molar-refractivity contribution in [1.82, 2.24) is 34.3 Å². The number of hydrogen-bond acceptors (Lipinski definition) is 8. The lowest BCUT2D eigenvalue weighted by atomic mass is 9.98. The van der Waals surface area contributed by atoms with Crippen LogP contribution in [0.25, 0.3) is 22.1 Å². The summed E-state index contributed by atoms with van der Waals surface area (Å²) in [6, 6.07) is 18.6. The molecule has 6 aromatic rings. The largest absolute Gasteiger partial charge is 0.382 e. The van der Waals surface area contributed by atoms with Crippen LogP contribution in [0, 0.1) is 0 Å². The number of rotatable bonds is 10. The number of benzene rings is 2. The maximum absolute atomic E-state index is 14.2. The third-order valence-electron chi connectivity index (χ3n) is 7.26. The number of pyridine rings is 1. The van der Waals surface area contributed by atoms with Crippen LogP contribution in [0.5, 0.6) is 0 Å². The van der Waals surface area contributed by atoms with Crippen molar-refractivity contribution in [3.63, 3.8) is 0 Å². The lowest BCUT2D eigenvalue weighted by Crippen LogP contribution is -2.30. The van der Waals surface area contributed by atoms with Crippen LogP contribution in [0.1, 0.15) is 40.1 Å². The van der Waals surface area contributed by atoms with E-state index in [9.17, 15) is 9.59 Å². The van der Waals surface area contributed by atoms with E-state index in [0.717, 1.165) is 16.8 Å². The lowest BCUT2D eigenvalue weighted by Gasteiger charge is -2.21. The molecular formula is C31H30N8O3. The Morgan fingerprint density at radius 1 is 1.12 bits per heavy atom. The second-order valence-electron chi connectivity index (χ2n) is 10.1. The number of anilines is 1. The van der Waals surface area contributed by atoms with Gasteiger partial charge in [-0.05, 0) is 42.1 Å². The minimum Gasteiger partial charge on any atom is -0.382 e. The van der Waals surface area contributed by atoms with Gasteiger partial charge in [-0.3, -0.25) is 24.2 Å². The lowest BCUT2D eigenvalue weighted by molar-refractivity contribution is 0.0971. The molecule has 42 heavy (non-hydrogen) atoms. The van der Waals surface area contributed by atoms with Crippen molar-refractivity contribution < 1.29 is 9.53 Å². The number of para-hydroxylation sites is 1. The molecule has 0 bridgehead atoms. The Morgan fingerprint density at radius 3 is 2.74 bits per heavy atom. The number of nitrogen functional groups attached to an aromatic ring is 1. The van der Waals surface area contributed by atoms with Crippen LogP contribution in [0.15, 0.2) is 90.2 Å². The molecule has 2 aromatic carbocycles. The second kappa shape index (κ2) is 11.4. The zero-order chi connectivity index (χ0) is 29.2. The molecule has 3 N–H and O–H groups in total. The summed E-state index contributed by atoms with van der Waals surface area (Å²) in [4.78, 5) is 31.6. The number of carbonyl (C=O) groups excluding carboxylic acids is 1. The molecule has 0 saturated carbocycles. The minimum absolute atomic E-state index is 0.0928. The van der Waals surface area contributed by atoms with Gasteiger partial charge in [0.25, 0.3) is 5.56 Å². The molecule has 4 aromatic heterocycles. The van der Waals surface area contributed by atoms with Crippen LogP contribution in [0.3, 0.4) is 0 Å². The number of nitrogens with zero attached hydrogens (tertiary/aromatic N) is 6. The molecule has 11 nitrogen and oxygen atoms in total. The number of ether oxygens (including phenoxy) is 1. The minimum atomic E-state index is -0.262. The Labute approximate surface area is 241 Å². The third kappa shape index (κ3) is 5.18. The van der Waals surface area contributed by atoms with E-state index in [1.807, 2.05) is 61.5 Å². The average Bonchev–Trinajstić information content (AvgIpc) is 3.57. The topological polar surface area (TPSA) is 134 Å². The monoisotopic (exact) mass is 562 g/mol. The highest BCUT2D eigenvalue weighted by Gasteiger charge is 2.20. The maximum Gasteiger partial charge on any atom is 0.263 e. The van der Waals surface area contributed by atoms with Gasteiger partial charge in [-0.25, -0.2) is 9.50 Å². The predicted molar refractivity (Wildman–Crippen MR) is 159 cm³/mol. The molecule has 6 rings (SSSR count). The molecule has 0 aliphatic rings. The highest BCUT2D eigenvalue weighted by Crippen LogP contribution is 2.24. The number of fused-ring (bicyclic) bond motifs is 2. The highest BCUT2D eigenvalue weighted by atomic mass is 16.5. The molecule has 0 unspecified atom stereocenters. The van der Waals surface area contributed by atoms with Gasteiger partial charge in [0.05, 0.1) is 36.0 Å². The molecule has 0 radical (unpaired) electrons. The van der Waals surface area contributed by atoms with Gasteiger partial charge in [-0.2, -0.15) is 5.10 Å². The molecule has 0 aliphatic carbocycles. The number of carbonyl (C=O) groups is 1. The van der Waals surface area contributed by atoms with Crippen molar-refractivity contribution in [2.45, 2.75) is 26.0 Å². The molecule has 0 amide bonds. The number of ketones is 1. The van der Waals surface area contributed by atoms with Crippen LogP contribution >= 0.6 is 0 Å². The zero-order valence-electron chi connectivity index (χ0n) is 23.3. The van der Waals surface area contributed by atoms with E-state index in [1.165, 1.54) is 0 Å². The Bertz CT molecular complexity index is 1960. The van der Waals surface area contributed by atoms with E-state index in [2.05, 4.69) is 20.5 Å². The zero-order valence-corrected chi connectivity index (χ0v) is 23.3. The van der Waals surface area contributed by atoms with E-state index < -0.39 is 0 Å². The van der Waals surface area contributed by atoms with Gasteiger partial charge in [0.2, 0.25) is 0 Å². The molecule has 0 fully saturated rings. The fraction of sp³-hybridized carbons (Fsp3) is 0.194. The van der Waals surface area contributed by atoms with Gasteiger partial charge >= 0.3 is 0 Å². The van der Waals surface area contributed by atoms with Gasteiger partial charge in [0.1, 0.15) is 0 Å². The SMILES string of the molecule is C[C@H](NCOCc1c(N)nn2cccnc12)c1cc2cccc(CC(=O)c3cnn(C)c3)c2c(=O)n1-c1ccccc1. The maximum atomic E-state index is 14.2. The van der Waals surface area contributed by atoms with Crippen molar-refractivity contribution in [2.24, 2.45) is 7.05 Å². The van der Waals surface area contributed by atoms with Gasteiger partial charge in [-0.15, -0.1) is 5.10 Å². The smallest absolute Gasteiger partial charge is 0.263 e. The Kier molecular flexibility index (Phi) is 7.34. The summed E-state index contributed by atoms with van der Waals surface area (Å²) in [7, 11) is 1.77. The molecular weight excluding hydrogens is 532 g/mol. The number of nitrogens with one attached hydrogen (secondary N) is 1. The van der Waals surface area contributed by atoms with Crippen molar-refractivity contribution >= 4 is 28.0 Å². The molecule has 212 valence electrons. The third-order valence-corrected chi connectivity index (χ3v) is 7.26. The first-order chi connectivity index (χ1) is 20.4. The van der Waals surface area contributed by atoms with E-state index in [-0.39, 0.29) is 37.1 Å². The second-order valence-corrected chi connectivity index (χ2v) is 10.1. The molecule has 0 aliphatic heterocycles. The fourth-order valence-corrected chi connectivity index (χ4v) is 5.13. The molecule has 4 heterocycles. The summed E-state index contributed by atoms with van der Waals surface area (Å²) in [6.07, 6.45) is 6.79. The molecule has 1 atom stereocenters. The van der Waals surface area contributed by atoms with Gasteiger partial charge < -0.3 is 10.5 Å². The van der Waals surface area contributed by atoms with E-state index >= 15 is 0 Å². The van der Waals surface area contributed by atoms with Gasteiger partial charge in [-0.1, -0.05) is 36.4 Å². The van der Waals surface area contributed by atoms with Crippen molar-refractivity contribution in [3.8, 4) is 5.69 Å². The number of Topliss-reactive ketones (excluding diaryl/α,β-unsaturated/α-hetero) is 1. The van der Waals surface area contributed by atoms with Crippen molar-refractivity contribution in [1.29, 1.82) is 0 Å². The summed E-state index contributed by atoms with van der Waals surface area (Å²) in [5.74, 6) is 0.270. The Morgan fingerprint density at radius 2 is 1.95 bits per heavy atom. The van der Waals surface area contributed by atoms with Crippen LogP contribution in [-0.2, 0) is 24.8 Å². The first kappa shape index (κ1) is 27.1. The van der Waals surface area contributed by atoms with Crippen molar-refractivity contribution in [3.05, 3.63) is 118 Å². The molecule has 0 saturated heterocycles. The van der Waals surface area contributed by atoms with Crippen LogP contribution in [-0.4, -0.2) is 41.5 Å². The normalized spacial score (nSPS) is 12.2. The first-order valence-corrected chi connectivity index (χ1v) is 13.5. The first-order valence-electron chi connectivity index (χ1n) is 13.5. The summed E-state index contributed by atoms with van der Waals surface area (Å²) >= 11 is 0. The number of hydrogen-bond donors (Lipinski definition) is 2. The fourth-order valence-electron chi connectivity index (χ4n) is 5.13. The van der Waals surface area contributed by atoms with Crippen LogP contribution < -0.4 is 16.6 Å². The van der Waals surface area contributed by atoms with Crippen LogP contribution in [0.2, 0.25) is 0 Å². The highest BCUT2D eigenvalue weighted by molar-refractivity contribution is 5.99. The van der Waals surface area contributed by atoms with E-state index in [4.69, 9.17) is 10.5 Å². The Balaban J connectivity index is 1.30. The summed E-state index contributed by atoms with van der Waals surface area (Å²) in [6.45, 7) is 2.40. The average molecular weight is 563 g/mol. The van der Waals surface area contributed by atoms with Crippen molar-refractivity contribution in [2.75, 3.05) is 12.5 Å². The molecule has 11 heteroatoms. The Hall–Kier alpha value is -5.13. The van der Waals surface area contributed by atoms with Gasteiger partial charge in [0, 0.05) is 49.5 Å². The van der Waals surface area contributed by atoms with Gasteiger partial charge in [0.15, 0.2) is 17.2 Å². The van der Waals surface area contributed by atoms with Crippen LogP contribution in [0.4, 0.5) is 5.82 Å². The predicted octanol–water partition coefficient (Wildman–Crippen LogP) is 3.60. The standard InChI is InChI=1S/C31H30N8O3/c1-20(34-19-42-18-25-29(32)36-38-13-7-12-33-30(25)38)26-14-21-8-6-9-22(15-27(40)23-16-35-37(2)17-23)28(21)31(41)39(26)24-10-4-3-5-11-24/h3-14,16-17,20,34H,15,18-19H2,1-2H3,(H2,32,36)/t20-/m0/s1. The summed E-state index contributed by atoms with van der Waals surface area (Å²) in [5, 5.41) is 13.0. The summed E-state index contributed by atoms with van der Waals surface area (Å²) in [5.41, 5.74) is 9.92. The quantitative estimate of drug-likeness (QED) is 0.147. The summed E-state index contributed by atoms with van der Waals surface area (Å²) < 4.78 is 10.8. The number of nitrogens with two attached hydrogens (primary N) is 1. The van der Waals surface area contributed by atoms with E-state index in [0.29, 0.717) is 33.5 Å².